The van der Waals surface area contributed by atoms with Gasteiger partial charge in [0.15, 0.2) is 5.78 Å². The van der Waals surface area contributed by atoms with Crippen molar-refractivity contribution in [3.05, 3.63) is 66.0 Å². The minimum absolute atomic E-state index is 0.0399. The zero-order chi connectivity index (χ0) is 15.5. The largest absolute Gasteiger partial charge is 0.297 e. The molecule has 3 atom stereocenters. The van der Waals surface area contributed by atoms with Gasteiger partial charge in [-0.2, -0.15) is 5.26 Å². The van der Waals surface area contributed by atoms with E-state index in [1.807, 2.05) is 24.3 Å². The summed E-state index contributed by atoms with van der Waals surface area (Å²) < 4.78 is 0. The molecule has 2 aromatic rings. The topological polar surface area (TPSA) is 77.6 Å². The van der Waals surface area contributed by atoms with E-state index in [9.17, 15) is 10.1 Å². The predicted octanol–water partition coefficient (Wildman–Crippen LogP) is 3.28. The van der Waals surface area contributed by atoms with Crippen LogP contribution in [0.15, 0.2) is 54.9 Å². The highest BCUT2D eigenvalue weighted by atomic mass is 32.2. The number of benzene rings is 1. The summed E-state index contributed by atoms with van der Waals surface area (Å²) in [4.78, 5) is 16.9. The molecule has 1 N–H and O–H groups in total. The van der Waals surface area contributed by atoms with Gasteiger partial charge in [-0.1, -0.05) is 48.2 Å². The summed E-state index contributed by atoms with van der Waals surface area (Å²) in [5, 5.41) is 17.2. The van der Waals surface area contributed by atoms with Gasteiger partial charge in [0, 0.05) is 23.9 Å². The van der Waals surface area contributed by atoms with Crippen molar-refractivity contribution in [1.82, 2.24) is 4.98 Å². The van der Waals surface area contributed by atoms with E-state index in [0.29, 0.717) is 5.56 Å². The highest BCUT2D eigenvalue weighted by molar-refractivity contribution is 8.15. The molecule has 0 bridgehead atoms. The summed E-state index contributed by atoms with van der Waals surface area (Å²) in [6, 6.07) is 14.9. The van der Waals surface area contributed by atoms with Gasteiger partial charge in [0.25, 0.3) is 0 Å². The number of hydrogen-bond donors (Lipinski definition) is 1. The second-order valence-corrected chi connectivity index (χ2v) is 6.24. The van der Waals surface area contributed by atoms with Crippen molar-refractivity contribution in [1.29, 1.82) is 10.7 Å². The van der Waals surface area contributed by atoms with Crippen LogP contribution in [0.5, 0.6) is 0 Å². The molecule has 4 nitrogen and oxygen atoms in total. The zero-order valence-electron chi connectivity index (χ0n) is 11.6. The van der Waals surface area contributed by atoms with Crippen LogP contribution in [0.4, 0.5) is 0 Å². The summed E-state index contributed by atoms with van der Waals surface area (Å²) in [7, 11) is 0. The number of nitriles is 1. The standard InChI is InChI=1S/C17H13N3OS/c18-9-13-14(12-7-4-8-20-10-12)16(22-17(13)19)15(21)11-5-2-1-3-6-11/h1-8,10,13-14,16,19H/t13-,14-,16-/m1/s1. The van der Waals surface area contributed by atoms with Gasteiger partial charge in [0.1, 0.15) is 5.92 Å². The normalized spacial score (nSPS) is 24.0. The predicted molar refractivity (Wildman–Crippen MR) is 86.0 cm³/mol. The molecule has 1 fully saturated rings. The van der Waals surface area contributed by atoms with Crippen LogP contribution in [-0.2, 0) is 0 Å². The van der Waals surface area contributed by atoms with Gasteiger partial charge < -0.3 is 0 Å². The number of Topliss-reactive ketones (excluding diaryl/α,β-unsaturated/α-hetero) is 1. The molecule has 22 heavy (non-hydrogen) atoms. The van der Waals surface area contributed by atoms with E-state index in [-0.39, 0.29) is 16.7 Å². The number of ketones is 1. The molecule has 1 aromatic carbocycles. The summed E-state index contributed by atoms with van der Waals surface area (Å²) in [6.45, 7) is 0. The molecule has 0 aliphatic carbocycles. The number of rotatable bonds is 3. The molecular formula is C17H13N3OS. The maximum absolute atomic E-state index is 12.8. The van der Waals surface area contributed by atoms with Crippen LogP contribution in [-0.4, -0.2) is 21.1 Å². The average Bonchev–Trinajstić information content (AvgIpc) is 2.92. The number of carbonyl (C=O) groups is 1. The van der Waals surface area contributed by atoms with Crippen LogP contribution in [0.25, 0.3) is 0 Å². The molecule has 108 valence electrons. The number of pyridine rings is 1. The van der Waals surface area contributed by atoms with Gasteiger partial charge in [0.2, 0.25) is 0 Å². The monoisotopic (exact) mass is 307 g/mol. The molecule has 0 radical (unpaired) electrons. The molecule has 1 aromatic heterocycles. The average molecular weight is 307 g/mol. The Morgan fingerprint density at radius 2 is 2.00 bits per heavy atom. The first kappa shape index (κ1) is 14.5. The lowest BCUT2D eigenvalue weighted by molar-refractivity contribution is 0.0980. The van der Waals surface area contributed by atoms with Gasteiger partial charge in [0.05, 0.1) is 16.4 Å². The Labute approximate surface area is 132 Å². The lowest BCUT2D eigenvalue weighted by Gasteiger charge is -2.19. The molecule has 1 saturated heterocycles. The van der Waals surface area contributed by atoms with E-state index in [0.717, 1.165) is 5.56 Å². The molecule has 0 unspecified atom stereocenters. The summed E-state index contributed by atoms with van der Waals surface area (Å²) in [6.07, 6.45) is 3.34. The third-order valence-corrected chi connectivity index (χ3v) is 5.02. The van der Waals surface area contributed by atoms with Crippen molar-refractivity contribution in [3.8, 4) is 6.07 Å². The Hall–Kier alpha value is -2.45. The fourth-order valence-corrected chi connectivity index (χ4v) is 4.01. The number of nitrogens with zero attached hydrogens (tertiary/aromatic N) is 2. The molecule has 5 heteroatoms. The smallest absolute Gasteiger partial charge is 0.176 e. The molecule has 1 aliphatic rings. The molecular weight excluding hydrogens is 294 g/mol. The lowest BCUT2D eigenvalue weighted by Crippen LogP contribution is -2.25. The molecule has 1 aliphatic heterocycles. The van der Waals surface area contributed by atoms with Crippen LogP contribution in [0.3, 0.4) is 0 Å². The Bertz CT molecular complexity index is 740. The maximum atomic E-state index is 12.8. The van der Waals surface area contributed by atoms with E-state index in [2.05, 4.69) is 11.1 Å². The fourth-order valence-electron chi connectivity index (χ4n) is 2.68. The summed E-state index contributed by atoms with van der Waals surface area (Å²) in [5.41, 5.74) is 1.44. The second kappa shape index (κ2) is 6.12. The van der Waals surface area contributed by atoms with Crippen molar-refractivity contribution in [2.75, 3.05) is 0 Å². The van der Waals surface area contributed by atoms with Crippen LogP contribution >= 0.6 is 11.8 Å². The lowest BCUT2D eigenvalue weighted by atomic mass is 9.83. The second-order valence-electron chi connectivity index (χ2n) is 5.05. The number of thioether (sulfide) groups is 1. The van der Waals surface area contributed by atoms with Crippen molar-refractivity contribution in [3.63, 3.8) is 0 Å². The van der Waals surface area contributed by atoms with Crippen molar-refractivity contribution in [2.45, 2.75) is 11.2 Å². The van der Waals surface area contributed by atoms with Gasteiger partial charge in [-0.15, -0.1) is 0 Å². The van der Waals surface area contributed by atoms with Crippen molar-refractivity contribution < 1.29 is 4.79 Å². The third-order valence-electron chi connectivity index (χ3n) is 3.75. The van der Waals surface area contributed by atoms with E-state index in [4.69, 9.17) is 5.41 Å². The van der Waals surface area contributed by atoms with E-state index >= 15 is 0 Å². The van der Waals surface area contributed by atoms with Gasteiger partial charge >= 0.3 is 0 Å². The van der Waals surface area contributed by atoms with Crippen LogP contribution in [0, 0.1) is 22.7 Å². The van der Waals surface area contributed by atoms with Gasteiger partial charge in [-0.05, 0) is 11.6 Å². The van der Waals surface area contributed by atoms with Gasteiger partial charge in [-0.3, -0.25) is 15.2 Å². The Balaban J connectivity index is 2.01. The SMILES string of the molecule is N#C[C@H]1C(=N)S[C@@H](C(=O)c2ccccc2)[C@@H]1c1cccnc1. The number of carbonyl (C=O) groups excluding carboxylic acids is 1. The van der Waals surface area contributed by atoms with Crippen LogP contribution in [0.1, 0.15) is 21.8 Å². The molecule has 0 spiro atoms. The third kappa shape index (κ3) is 2.53. The number of nitrogens with one attached hydrogen (secondary N) is 1. The van der Waals surface area contributed by atoms with E-state index < -0.39 is 11.2 Å². The van der Waals surface area contributed by atoms with Crippen LogP contribution < -0.4 is 0 Å². The maximum Gasteiger partial charge on any atom is 0.176 e. The Kier molecular flexibility index (Phi) is 4.03. The highest BCUT2D eigenvalue weighted by Crippen LogP contribution is 2.46. The first-order valence-electron chi connectivity index (χ1n) is 6.86. The number of hydrogen-bond acceptors (Lipinski definition) is 5. The number of aromatic nitrogens is 1. The molecule has 0 amide bonds. The minimum Gasteiger partial charge on any atom is -0.297 e. The molecule has 3 rings (SSSR count). The molecule has 2 heterocycles. The van der Waals surface area contributed by atoms with E-state index in [1.165, 1.54) is 11.8 Å². The molecule has 0 saturated carbocycles. The van der Waals surface area contributed by atoms with Crippen LogP contribution in [0.2, 0.25) is 0 Å². The minimum atomic E-state index is -0.591. The Morgan fingerprint density at radius 1 is 1.23 bits per heavy atom. The Morgan fingerprint density at radius 3 is 2.64 bits per heavy atom. The quantitative estimate of drug-likeness (QED) is 0.883. The van der Waals surface area contributed by atoms with Crippen molar-refractivity contribution in [2.24, 2.45) is 5.92 Å². The summed E-state index contributed by atoms with van der Waals surface area (Å²) >= 11 is 1.19. The van der Waals surface area contributed by atoms with Crippen molar-refractivity contribution >= 4 is 22.6 Å². The first-order valence-corrected chi connectivity index (χ1v) is 7.74. The first-order chi connectivity index (χ1) is 10.7. The fraction of sp³-hybridized carbons (Fsp3) is 0.176. The van der Waals surface area contributed by atoms with Gasteiger partial charge in [-0.25, -0.2) is 0 Å². The zero-order valence-corrected chi connectivity index (χ0v) is 12.5. The highest BCUT2D eigenvalue weighted by Gasteiger charge is 2.46. The van der Waals surface area contributed by atoms with E-state index in [1.54, 1.807) is 30.6 Å². The summed E-state index contributed by atoms with van der Waals surface area (Å²) in [5.74, 6) is -0.960.